The average molecular weight is 247 g/mol. The van der Waals surface area contributed by atoms with Gasteiger partial charge in [-0.15, -0.1) is 0 Å². The Morgan fingerprint density at radius 1 is 1.22 bits per heavy atom. The first-order valence-electron chi connectivity index (χ1n) is 6.81. The highest BCUT2D eigenvalue weighted by Crippen LogP contribution is 2.39. The SMILES string of the molecule is Cc1cc(C)c(C(CN)CC2(C)COC2)c(C)c1. The molecule has 2 rings (SSSR count). The summed E-state index contributed by atoms with van der Waals surface area (Å²) in [6.45, 7) is 11.4. The maximum Gasteiger partial charge on any atom is 0.0542 e. The highest BCUT2D eigenvalue weighted by molar-refractivity contribution is 5.40. The number of nitrogens with two attached hydrogens (primary N) is 1. The zero-order valence-corrected chi connectivity index (χ0v) is 12.0. The van der Waals surface area contributed by atoms with Gasteiger partial charge < -0.3 is 10.5 Å². The number of ether oxygens (including phenoxy) is 1. The van der Waals surface area contributed by atoms with Gasteiger partial charge in [-0.1, -0.05) is 24.6 Å². The second-order valence-corrected chi connectivity index (χ2v) is 6.25. The molecule has 0 saturated carbocycles. The summed E-state index contributed by atoms with van der Waals surface area (Å²) in [5, 5.41) is 0. The number of hydrogen-bond donors (Lipinski definition) is 1. The molecule has 1 saturated heterocycles. The van der Waals surface area contributed by atoms with Crippen molar-refractivity contribution in [3.63, 3.8) is 0 Å². The van der Waals surface area contributed by atoms with Crippen LogP contribution in [-0.2, 0) is 4.74 Å². The second kappa shape index (κ2) is 5.02. The summed E-state index contributed by atoms with van der Waals surface area (Å²) in [6.07, 6.45) is 1.13. The number of benzene rings is 1. The van der Waals surface area contributed by atoms with Gasteiger partial charge in [-0.3, -0.25) is 0 Å². The largest absolute Gasteiger partial charge is 0.380 e. The molecule has 0 aromatic heterocycles. The number of rotatable bonds is 4. The van der Waals surface area contributed by atoms with E-state index in [2.05, 4.69) is 39.8 Å². The summed E-state index contributed by atoms with van der Waals surface area (Å²) in [4.78, 5) is 0. The molecule has 2 nitrogen and oxygen atoms in total. The molecule has 1 aliphatic heterocycles. The fraction of sp³-hybridized carbons (Fsp3) is 0.625. The molecule has 0 spiro atoms. The van der Waals surface area contributed by atoms with E-state index in [1.54, 1.807) is 0 Å². The van der Waals surface area contributed by atoms with E-state index in [1.807, 2.05) is 0 Å². The zero-order chi connectivity index (χ0) is 13.3. The van der Waals surface area contributed by atoms with Crippen LogP contribution in [0.4, 0.5) is 0 Å². The van der Waals surface area contributed by atoms with Crippen LogP contribution in [-0.4, -0.2) is 19.8 Å². The fourth-order valence-electron chi connectivity index (χ4n) is 3.30. The van der Waals surface area contributed by atoms with Crippen molar-refractivity contribution in [2.45, 2.75) is 40.0 Å². The lowest BCUT2D eigenvalue weighted by Crippen LogP contribution is -2.41. The minimum Gasteiger partial charge on any atom is -0.380 e. The molecule has 0 bridgehead atoms. The minimum atomic E-state index is 0.327. The normalized spacial score (nSPS) is 19.4. The van der Waals surface area contributed by atoms with Crippen molar-refractivity contribution < 1.29 is 4.74 Å². The van der Waals surface area contributed by atoms with E-state index in [0.717, 1.165) is 26.2 Å². The molecular weight excluding hydrogens is 222 g/mol. The molecule has 1 aliphatic rings. The minimum absolute atomic E-state index is 0.327. The molecule has 1 aromatic carbocycles. The van der Waals surface area contributed by atoms with Crippen molar-refractivity contribution in [2.75, 3.05) is 19.8 Å². The molecule has 1 aromatic rings. The predicted octanol–water partition coefficient (Wildman–Crippen LogP) is 3.08. The van der Waals surface area contributed by atoms with Gasteiger partial charge in [-0.2, -0.15) is 0 Å². The third-order valence-corrected chi connectivity index (χ3v) is 4.07. The van der Waals surface area contributed by atoms with Gasteiger partial charge in [0.1, 0.15) is 0 Å². The van der Waals surface area contributed by atoms with Crippen LogP contribution in [0, 0.1) is 26.2 Å². The smallest absolute Gasteiger partial charge is 0.0542 e. The van der Waals surface area contributed by atoms with E-state index in [0.29, 0.717) is 11.3 Å². The van der Waals surface area contributed by atoms with Crippen LogP contribution >= 0.6 is 0 Å². The van der Waals surface area contributed by atoms with E-state index in [4.69, 9.17) is 10.5 Å². The molecule has 0 radical (unpaired) electrons. The summed E-state index contributed by atoms with van der Waals surface area (Å²) in [5.74, 6) is 0.458. The van der Waals surface area contributed by atoms with E-state index >= 15 is 0 Å². The van der Waals surface area contributed by atoms with Gasteiger partial charge in [0.15, 0.2) is 0 Å². The van der Waals surface area contributed by atoms with Gasteiger partial charge in [0, 0.05) is 5.41 Å². The monoisotopic (exact) mass is 247 g/mol. The first kappa shape index (κ1) is 13.6. The van der Waals surface area contributed by atoms with E-state index in [1.165, 1.54) is 22.3 Å². The first-order valence-corrected chi connectivity index (χ1v) is 6.81. The quantitative estimate of drug-likeness (QED) is 0.887. The zero-order valence-electron chi connectivity index (χ0n) is 12.0. The standard InChI is InChI=1S/C16H25NO/c1-11-5-12(2)15(13(3)6-11)14(8-17)7-16(4)9-18-10-16/h5-6,14H,7-10,17H2,1-4H3. The van der Waals surface area contributed by atoms with E-state index in [-0.39, 0.29) is 0 Å². The van der Waals surface area contributed by atoms with Crippen molar-refractivity contribution in [2.24, 2.45) is 11.1 Å². The van der Waals surface area contributed by atoms with Crippen LogP contribution in [0.25, 0.3) is 0 Å². The van der Waals surface area contributed by atoms with Gasteiger partial charge in [0.05, 0.1) is 13.2 Å². The highest BCUT2D eigenvalue weighted by Gasteiger charge is 2.36. The first-order chi connectivity index (χ1) is 8.45. The average Bonchev–Trinajstić information content (AvgIpc) is 2.24. The van der Waals surface area contributed by atoms with Gasteiger partial charge in [0.2, 0.25) is 0 Å². The lowest BCUT2D eigenvalue weighted by atomic mass is 9.75. The van der Waals surface area contributed by atoms with Crippen molar-refractivity contribution in [3.8, 4) is 0 Å². The Labute approximate surface area is 111 Å². The van der Waals surface area contributed by atoms with Crippen LogP contribution < -0.4 is 5.73 Å². The van der Waals surface area contributed by atoms with Gasteiger partial charge in [-0.25, -0.2) is 0 Å². The Balaban J connectivity index is 2.27. The summed E-state index contributed by atoms with van der Waals surface area (Å²) in [7, 11) is 0. The lowest BCUT2D eigenvalue weighted by molar-refractivity contribution is -0.108. The van der Waals surface area contributed by atoms with Gasteiger partial charge in [0.25, 0.3) is 0 Å². The Bertz CT molecular complexity index is 412. The van der Waals surface area contributed by atoms with Crippen LogP contribution in [0.5, 0.6) is 0 Å². The van der Waals surface area contributed by atoms with Crippen molar-refractivity contribution in [3.05, 3.63) is 34.4 Å². The van der Waals surface area contributed by atoms with E-state index < -0.39 is 0 Å². The Morgan fingerprint density at radius 2 is 1.78 bits per heavy atom. The summed E-state index contributed by atoms with van der Waals surface area (Å²) in [5.41, 5.74) is 11.9. The molecule has 2 N–H and O–H groups in total. The molecule has 100 valence electrons. The Hall–Kier alpha value is -0.860. The molecular formula is C16H25NO. The molecule has 2 heteroatoms. The molecule has 0 aliphatic carbocycles. The summed E-state index contributed by atoms with van der Waals surface area (Å²) < 4.78 is 5.36. The summed E-state index contributed by atoms with van der Waals surface area (Å²) in [6, 6.07) is 4.54. The van der Waals surface area contributed by atoms with Crippen molar-refractivity contribution in [1.82, 2.24) is 0 Å². The highest BCUT2D eigenvalue weighted by atomic mass is 16.5. The maximum absolute atomic E-state index is 6.03. The topological polar surface area (TPSA) is 35.2 Å². The molecule has 1 atom stereocenters. The van der Waals surface area contributed by atoms with E-state index in [9.17, 15) is 0 Å². The summed E-state index contributed by atoms with van der Waals surface area (Å²) >= 11 is 0. The lowest BCUT2D eigenvalue weighted by Gasteiger charge is -2.41. The Morgan fingerprint density at radius 3 is 2.17 bits per heavy atom. The van der Waals surface area contributed by atoms with Crippen molar-refractivity contribution in [1.29, 1.82) is 0 Å². The third kappa shape index (κ3) is 2.60. The molecule has 1 fully saturated rings. The van der Waals surface area contributed by atoms with Crippen LogP contribution in [0.15, 0.2) is 12.1 Å². The van der Waals surface area contributed by atoms with Crippen LogP contribution in [0.2, 0.25) is 0 Å². The predicted molar refractivity (Wildman–Crippen MR) is 76.0 cm³/mol. The number of aryl methyl sites for hydroxylation is 3. The van der Waals surface area contributed by atoms with Gasteiger partial charge >= 0.3 is 0 Å². The second-order valence-electron chi connectivity index (χ2n) is 6.25. The van der Waals surface area contributed by atoms with Crippen LogP contribution in [0.1, 0.15) is 41.5 Å². The molecule has 18 heavy (non-hydrogen) atoms. The third-order valence-electron chi connectivity index (χ3n) is 4.07. The van der Waals surface area contributed by atoms with Gasteiger partial charge in [-0.05, 0) is 56.3 Å². The molecule has 0 amide bonds. The number of hydrogen-bond acceptors (Lipinski definition) is 2. The van der Waals surface area contributed by atoms with Crippen LogP contribution in [0.3, 0.4) is 0 Å². The Kier molecular flexibility index (Phi) is 3.79. The van der Waals surface area contributed by atoms with Crippen molar-refractivity contribution >= 4 is 0 Å². The fourth-order valence-corrected chi connectivity index (χ4v) is 3.30. The molecule has 1 unspecified atom stereocenters. The molecule has 1 heterocycles. The maximum atomic E-state index is 6.03.